The van der Waals surface area contributed by atoms with Crippen LogP contribution in [0, 0.1) is 6.92 Å². The number of hydrogen-bond acceptors (Lipinski definition) is 1. The molecule has 12 heavy (non-hydrogen) atoms. The standard InChI is InChI=1S/C9H10ClNO/c1-6-2-3-7(4-8(6)10)5-9(11)12/h2-4H,5H2,1H3,(H2,11,12). The zero-order valence-electron chi connectivity index (χ0n) is 6.80. The maximum atomic E-state index is 10.5. The van der Waals surface area contributed by atoms with E-state index in [4.69, 9.17) is 17.3 Å². The summed E-state index contributed by atoms with van der Waals surface area (Å²) >= 11 is 5.85. The summed E-state index contributed by atoms with van der Waals surface area (Å²) in [7, 11) is 0. The first-order valence-corrected chi connectivity index (χ1v) is 4.00. The lowest BCUT2D eigenvalue weighted by Gasteiger charge is -2.00. The van der Waals surface area contributed by atoms with Crippen LogP contribution in [-0.2, 0) is 11.2 Å². The molecule has 1 rings (SSSR count). The van der Waals surface area contributed by atoms with Crippen LogP contribution in [0.25, 0.3) is 0 Å². The quantitative estimate of drug-likeness (QED) is 0.745. The van der Waals surface area contributed by atoms with Gasteiger partial charge >= 0.3 is 0 Å². The van der Waals surface area contributed by atoms with Gasteiger partial charge in [-0.05, 0) is 24.1 Å². The van der Waals surface area contributed by atoms with Gasteiger partial charge in [-0.3, -0.25) is 4.79 Å². The van der Waals surface area contributed by atoms with Crippen molar-refractivity contribution in [3.8, 4) is 0 Å². The molecule has 1 amide bonds. The van der Waals surface area contributed by atoms with Gasteiger partial charge in [-0.1, -0.05) is 23.7 Å². The van der Waals surface area contributed by atoms with Crippen LogP contribution < -0.4 is 5.73 Å². The van der Waals surface area contributed by atoms with Gasteiger partial charge in [0.15, 0.2) is 0 Å². The van der Waals surface area contributed by atoms with Crippen LogP contribution in [0.5, 0.6) is 0 Å². The Morgan fingerprint density at radius 1 is 1.58 bits per heavy atom. The number of aryl methyl sites for hydroxylation is 1. The lowest BCUT2D eigenvalue weighted by Crippen LogP contribution is -2.13. The maximum Gasteiger partial charge on any atom is 0.221 e. The maximum absolute atomic E-state index is 10.5. The van der Waals surface area contributed by atoms with Gasteiger partial charge in [0.1, 0.15) is 0 Å². The lowest BCUT2D eigenvalue weighted by molar-refractivity contribution is -0.117. The third kappa shape index (κ3) is 2.24. The molecule has 0 radical (unpaired) electrons. The SMILES string of the molecule is Cc1ccc(CC(N)=O)cc1Cl. The van der Waals surface area contributed by atoms with Gasteiger partial charge in [0, 0.05) is 5.02 Å². The highest BCUT2D eigenvalue weighted by molar-refractivity contribution is 6.31. The zero-order chi connectivity index (χ0) is 9.14. The topological polar surface area (TPSA) is 43.1 Å². The molecule has 0 bridgehead atoms. The number of primary amides is 1. The summed E-state index contributed by atoms with van der Waals surface area (Å²) in [6.07, 6.45) is 0.250. The zero-order valence-corrected chi connectivity index (χ0v) is 7.56. The number of carbonyl (C=O) groups is 1. The summed E-state index contributed by atoms with van der Waals surface area (Å²) in [5.74, 6) is -0.338. The molecule has 0 fully saturated rings. The molecule has 0 aliphatic carbocycles. The number of rotatable bonds is 2. The third-order valence-electron chi connectivity index (χ3n) is 1.61. The second kappa shape index (κ2) is 3.59. The Morgan fingerprint density at radius 2 is 2.25 bits per heavy atom. The molecule has 0 unspecified atom stereocenters. The van der Waals surface area contributed by atoms with Crippen molar-refractivity contribution in [1.29, 1.82) is 0 Å². The number of benzene rings is 1. The largest absolute Gasteiger partial charge is 0.369 e. The fourth-order valence-electron chi connectivity index (χ4n) is 0.948. The van der Waals surface area contributed by atoms with Gasteiger partial charge in [0.05, 0.1) is 6.42 Å². The lowest BCUT2D eigenvalue weighted by atomic mass is 10.1. The Labute approximate surface area is 76.3 Å². The third-order valence-corrected chi connectivity index (χ3v) is 2.02. The van der Waals surface area contributed by atoms with E-state index in [1.165, 1.54) is 0 Å². The van der Waals surface area contributed by atoms with Gasteiger partial charge in [-0.2, -0.15) is 0 Å². The van der Waals surface area contributed by atoms with Gasteiger partial charge in [0.2, 0.25) is 5.91 Å². The Hall–Kier alpha value is -1.02. The smallest absolute Gasteiger partial charge is 0.221 e. The molecule has 0 saturated heterocycles. The van der Waals surface area contributed by atoms with Crippen LogP contribution in [-0.4, -0.2) is 5.91 Å². The summed E-state index contributed by atoms with van der Waals surface area (Å²) in [6, 6.07) is 5.49. The molecule has 1 aromatic carbocycles. The molecule has 0 heterocycles. The Bertz CT molecular complexity index is 309. The molecule has 0 aliphatic heterocycles. The number of carbonyl (C=O) groups excluding carboxylic acids is 1. The molecular weight excluding hydrogens is 174 g/mol. The molecular formula is C9H10ClNO. The highest BCUT2D eigenvalue weighted by Gasteiger charge is 2.00. The minimum absolute atomic E-state index is 0.250. The van der Waals surface area contributed by atoms with Crippen molar-refractivity contribution < 1.29 is 4.79 Å². The minimum Gasteiger partial charge on any atom is -0.369 e. The van der Waals surface area contributed by atoms with Crippen molar-refractivity contribution in [2.45, 2.75) is 13.3 Å². The number of nitrogens with two attached hydrogens (primary N) is 1. The Balaban J connectivity index is 2.89. The van der Waals surface area contributed by atoms with E-state index >= 15 is 0 Å². The predicted molar refractivity (Wildman–Crippen MR) is 49.1 cm³/mol. The van der Waals surface area contributed by atoms with Gasteiger partial charge in [-0.15, -0.1) is 0 Å². The fourth-order valence-corrected chi connectivity index (χ4v) is 1.15. The summed E-state index contributed by atoms with van der Waals surface area (Å²) in [5, 5.41) is 0.675. The minimum atomic E-state index is -0.338. The molecule has 0 spiro atoms. The van der Waals surface area contributed by atoms with Crippen LogP contribution in [0.2, 0.25) is 5.02 Å². The predicted octanol–water partition coefficient (Wildman–Crippen LogP) is 1.68. The molecule has 0 aromatic heterocycles. The molecule has 0 atom stereocenters. The average molecular weight is 184 g/mol. The van der Waals surface area contributed by atoms with Crippen LogP contribution in [0.4, 0.5) is 0 Å². The average Bonchev–Trinajstić information content (AvgIpc) is 1.96. The van der Waals surface area contributed by atoms with Gasteiger partial charge < -0.3 is 5.73 Å². The van der Waals surface area contributed by atoms with E-state index in [-0.39, 0.29) is 12.3 Å². The second-order valence-electron chi connectivity index (χ2n) is 2.73. The van der Waals surface area contributed by atoms with E-state index in [2.05, 4.69) is 0 Å². The van der Waals surface area contributed by atoms with E-state index in [1.54, 1.807) is 6.07 Å². The van der Waals surface area contributed by atoms with Crippen molar-refractivity contribution in [2.24, 2.45) is 5.73 Å². The molecule has 2 N–H and O–H groups in total. The Morgan fingerprint density at radius 3 is 2.75 bits per heavy atom. The van der Waals surface area contributed by atoms with Crippen molar-refractivity contribution in [3.05, 3.63) is 34.3 Å². The second-order valence-corrected chi connectivity index (χ2v) is 3.13. The molecule has 0 saturated carbocycles. The van der Waals surface area contributed by atoms with E-state index in [0.717, 1.165) is 11.1 Å². The first-order valence-electron chi connectivity index (χ1n) is 3.63. The Kier molecular flexibility index (Phi) is 2.71. The first-order chi connectivity index (χ1) is 5.59. The van der Waals surface area contributed by atoms with Gasteiger partial charge in [-0.25, -0.2) is 0 Å². The van der Waals surface area contributed by atoms with Crippen molar-refractivity contribution in [2.75, 3.05) is 0 Å². The van der Waals surface area contributed by atoms with Crippen LogP contribution in [0.3, 0.4) is 0 Å². The summed E-state index contributed by atoms with van der Waals surface area (Å²) < 4.78 is 0. The molecule has 0 aliphatic rings. The molecule has 2 nitrogen and oxygen atoms in total. The van der Waals surface area contributed by atoms with E-state index in [0.29, 0.717) is 5.02 Å². The number of halogens is 1. The van der Waals surface area contributed by atoms with Crippen LogP contribution in [0.1, 0.15) is 11.1 Å². The van der Waals surface area contributed by atoms with Crippen LogP contribution in [0.15, 0.2) is 18.2 Å². The summed E-state index contributed by atoms with van der Waals surface area (Å²) in [4.78, 5) is 10.5. The molecule has 3 heteroatoms. The fraction of sp³-hybridized carbons (Fsp3) is 0.222. The first kappa shape index (κ1) is 9.07. The van der Waals surface area contributed by atoms with Crippen molar-refractivity contribution >= 4 is 17.5 Å². The van der Waals surface area contributed by atoms with Crippen molar-refractivity contribution in [3.63, 3.8) is 0 Å². The van der Waals surface area contributed by atoms with E-state index in [1.807, 2.05) is 19.1 Å². The highest BCUT2D eigenvalue weighted by Crippen LogP contribution is 2.16. The van der Waals surface area contributed by atoms with Crippen LogP contribution >= 0.6 is 11.6 Å². The highest BCUT2D eigenvalue weighted by atomic mass is 35.5. The summed E-state index contributed by atoms with van der Waals surface area (Å²) in [6.45, 7) is 1.91. The summed E-state index contributed by atoms with van der Waals surface area (Å²) in [5.41, 5.74) is 6.89. The normalized spacial score (nSPS) is 9.83. The molecule has 1 aromatic rings. The number of hydrogen-bond donors (Lipinski definition) is 1. The van der Waals surface area contributed by atoms with Crippen molar-refractivity contribution in [1.82, 2.24) is 0 Å². The van der Waals surface area contributed by atoms with E-state index in [9.17, 15) is 4.79 Å². The van der Waals surface area contributed by atoms with Gasteiger partial charge in [0.25, 0.3) is 0 Å². The van der Waals surface area contributed by atoms with E-state index < -0.39 is 0 Å². The molecule has 64 valence electrons. The number of amides is 1. The monoisotopic (exact) mass is 183 g/mol.